The van der Waals surface area contributed by atoms with Gasteiger partial charge < -0.3 is 15.0 Å². The minimum atomic E-state index is -2.89. The van der Waals surface area contributed by atoms with Crippen molar-refractivity contribution in [3.8, 4) is 11.5 Å². The van der Waals surface area contributed by atoms with Crippen molar-refractivity contribution in [2.75, 3.05) is 20.6 Å². The Morgan fingerprint density at radius 1 is 1.10 bits per heavy atom. The van der Waals surface area contributed by atoms with Crippen LogP contribution in [0.5, 0.6) is 11.5 Å². The zero-order valence-corrected chi connectivity index (χ0v) is 18.3. The summed E-state index contributed by atoms with van der Waals surface area (Å²) in [6, 6.07) is 16.9. The minimum Gasteiger partial charge on any atom is -0.457 e. The molecule has 0 aliphatic carbocycles. The molecule has 164 valence electrons. The van der Waals surface area contributed by atoms with Crippen molar-refractivity contribution in [3.63, 3.8) is 0 Å². The maximum absolute atomic E-state index is 13.4. The van der Waals surface area contributed by atoms with Gasteiger partial charge in [0.1, 0.15) is 11.5 Å². The lowest BCUT2D eigenvalue weighted by molar-refractivity contribution is 0.0174. The Kier molecular flexibility index (Phi) is 6.91. The third-order valence-electron chi connectivity index (χ3n) is 5.08. The van der Waals surface area contributed by atoms with Gasteiger partial charge in [-0.05, 0) is 87.9 Å². The van der Waals surface area contributed by atoms with Gasteiger partial charge in [0.05, 0.1) is 0 Å². The summed E-state index contributed by atoms with van der Waals surface area (Å²) in [4.78, 5) is 14.7. The number of benzene rings is 3. The van der Waals surface area contributed by atoms with Crippen LogP contribution in [0.25, 0.3) is 10.8 Å². The topological polar surface area (TPSA) is 41.6 Å². The van der Waals surface area contributed by atoms with Crippen molar-refractivity contribution < 1.29 is 18.3 Å². The average molecular weight is 427 g/mol. The molecular formula is C25H28F2N2O2. The van der Waals surface area contributed by atoms with Crippen LogP contribution in [0.15, 0.2) is 60.7 Å². The van der Waals surface area contributed by atoms with E-state index in [9.17, 15) is 13.6 Å². The van der Waals surface area contributed by atoms with Gasteiger partial charge in [-0.25, -0.2) is 8.78 Å². The van der Waals surface area contributed by atoms with Crippen molar-refractivity contribution in [2.24, 2.45) is 0 Å². The number of hydrogen-bond donors (Lipinski definition) is 1. The predicted molar refractivity (Wildman–Crippen MR) is 120 cm³/mol. The fraction of sp³-hybridized carbons (Fsp3) is 0.320. The van der Waals surface area contributed by atoms with E-state index < -0.39 is 5.92 Å². The summed E-state index contributed by atoms with van der Waals surface area (Å²) in [6.07, 6.45) is 0.868. The molecular weight excluding hydrogens is 398 g/mol. The summed E-state index contributed by atoms with van der Waals surface area (Å²) < 4.78 is 32.7. The third kappa shape index (κ3) is 6.01. The Labute approximate surface area is 181 Å². The molecule has 3 rings (SSSR count). The number of halogens is 2. The highest BCUT2D eigenvalue weighted by Crippen LogP contribution is 2.33. The van der Waals surface area contributed by atoms with Crippen LogP contribution >= 0.6 is 0 Å². The number of hydrogen-bond acceptors (Lipinski definition) is 3. The van der Waals surface area contributed by atoms with E-state index in [1.54, 1.807) is 6.07 Å². The molecule has 0 radical (unpaired) electrons. The molecule has 1 amide bonds. The van der Waals surface area contributed by atoms with Gasteiger partial charge in [0, 0.05) is 29.5 Å². The van der Waals surface area contributed by atoms with Crippen molar-refractivity contribution >= 4 is 16.7 Å². The minimum absolute atomic E-state index is 0.0618. The second kappa shape index (κ2) is 9.43. The van der Waals surface area contributed by atoms with Crippen molar-refractivity contribution in [1.82, 2.24) is 10.2 Å². The Morgan fingerprint density at radius 3 is 2.45 bits per heavy atom. The monoisotopic (exact) mass is 426 g/mol. The summed E-state index contributed by atoms with van der Waals surface area (Å²) in [5.74, 6) is -1.94. The van der Waals surface area contributed by atoms with Crippen LogP contribution in [0.2, 0.25) is 0 Å². The van der Waals surface area contributed by atoms with Gasteiger partial charge in [-0.15, -0.1) is 0 Å². The molecule has 0 aliphatic rings. The Balaban J connectivity index is 1.76. The zero-order valence-electron chi connectivity index (χ0n) is 18.3. The summed E-state index contributed by atoms with van der Waals surface area (Å²) in [5, 5.41) is 4.73. The van der Waals surface area contributed by atoms with Crippen molar-refractivity contribution in [2.45, 2.75) is 32.2 Å². The number of ether oxygens (including phenoxy) is 1. The molecule has 0 heterocycles. The maximum atomic E-state index is 13.4. The smallest absolute Gasteiger partial charge is 0.270 e. The van der Waals surface area contributed by atoms with E-state index in [0.717, 1.165) is 30.7 Å². The standard InChI is InChI=1S/C25H28F2N2O2/c1-17(14-15-29(3)4)28-24(30)19-8-13-22-18(16-19)6-5-7-23(22)31-21-11-9-20(10-12-21)25(2,26)27/h5-13,16-17H,14-15H2,1-4H3,(H,28,30)/t17-/m1/s1. The molecule has 0 spiro atoms. The highest BCUT2D eigenvalue weighted by molar-refractivity contribution is 6.00. The van der Waals surface area contributed by atoms with Crippen LogP contribution in [0.4, 0.5) is 8.78 Å². The molecule has 31 heavy (non-hydrogen) atoms. The first kappa shape index (κ1) is 22.7. The Hall–Kier alpha value is -2.99. The van der Waals surface area contributed by atoms with Crippen LogP contribution in [0, 0.1) is 0 Å². The van der Waals surface area contributed by atoms with Gasteiger partial charge in [-0.3, -0.25) is 4.79 Å². The van der Waals surface area contributed by atoms with E-state index in [-0.39, 0.29) is 17.5 Å². The van der Waals surface area contributed by atoms with Gasteiger partial charge in [-0.2, -0.15) is 0 Å². The van der Waals surface area contributed by atoms with Crippen LogP contribution in [-0.4, -0.2) is 37.5 Å². The zero-order chi connectivity index (χ0) is 22.6. The summed E-state index contributed by atoms with van der Waals surface area (Å²) >= 11 is 0. The summed E-state index contributed by atoms with van der Waals surface area (Å²) in [7, 11) is 4.01. The highest BCUT2D eigenvalue weighted by Gasteiger charge is 2.23. The van der Waals surface area contributed by atoms with E-state index in [1.165, 1.54) is 24.3 Å². The van der Waals surface area contributed by atoms with E-state index in [4.69, 9.17) is 4.74 Å². The molecule has 4 nitrogen and oxygen atoms in total. The first-order valence-corrected chi connectivity index (χ1v) is 10.3. The molecule has 3 aromatic rings. The fourth-order valence-electron chi connectivity index (χ4n) is 3.26. The van der Waals surface area contributed by atoms with Gasteiger partial charge >= 0.3 is 0 Å². The highest BCUT2D eigenvalue weighted by atomic mass is 19.3. The van der Waals surface area contributed by atoms with E-state index in [1.807, 2.05) is 51.4 Å². The van der Waals surface area contributed by atoms with E-state index in [2.05, 4.69) is 10.2 Å². The predicted octanol–water partition coefficient (Wildman–Crippen LogP) is 5.81. The van der Waals surface area contributed by atoms with Crippen molar-refractivity contribution in [1.29, 1.82) is 0 Å². The lowest BCUT2D eigenvalue weighted by Crippen LogP contribution is -2.34. The first-order chi connectivity index (χ1) is 14.6. The molecule has 1 N–H and O–H groups in total. The number of alkyl halides is 2. The SMILES string of the molecule is C[C@H](CCN(C)C)NC(=O)c1ccc2c(Oc3ccc(C(C)(F)F)cc3)cccc2c1. The van der Waals surface area contributed by atoms with Gasteiger partial charge in [0.15, 0.2) is 0 Å². The molecule has 0 bridgehead atoms. The number of rotatable bonds is 8. The lowest BCUT2D eigenvalue weighted by atomic mass is 10.1. The molecule has 0 unspecified atom stereocenters. The molecule has 0 saturated heterocycles. The van der Waals surface area contributed by atoms with Gasteiger partial charge in [0.2, 0.25) is 0 Å². The molecule has 3 aromatic carbocycles. The second-order valence-corrected chi connectivity index (χ2v) is 8.17. The maximum Gasteiger partial charge on any atom is 0.270 e. The van der Waals surface area contributed by atoms with Gasteiger partial charge in [-0.1, -0.05) is 12.1 Å². The lowest BCUT2D eigenvalue weighted by Gasteiger charge is -2.17. The number of amides is 1. The molecule has 1 atom stereocenters. The number of nitrogens with zero attached hydrogens (tertiary/aromatic N) is 1. The van der Waals surface area contributed by atoms with Gasteiger partial charge in [0.25, 0.3) is 11.8 Å². The van der Waals surface area contributed by atoms with Crippen LogP contribution in [0.1, 0.15) is 36.2 Å². The number of nitrogens with one attached hydrogen (secondary N) is 1. The number of carbonyl (C=O) groups excluding carboxylic acids is 1. The van der Waals surface area contributed by atoms with E-state index in [0.29, 0.717) is 17.1 Å². The molecule has 0 saturated carbocycles. The Bertz CT molecular complexity index is 1040. The summed E-state index contributed by atoms with van der Waals surface area (Å²) in [5.41, 5.74) is 0.518. The van der Waals surface area contributed by atoms with Crippen molar-refractivity contribution in [3.05, 3.63) is 71.8 Å². The Morgan fingerprint density at radius 2 is 1.81 bits per heavy atom. The number of fused-ring (bicyclic) bond motifs is 1. The van der Waals surface area contributed by atoms with Crippen LogP contribution < -0.4 is 10.1 Å². The third-order valence-corrected chi connectivity index (χ3v) is 5.08. The largest absolute Gasteiger partial charge is 0.457 e. The number of carbonyl (C=O) groups is 1. The normalized spacial score (nSPS) is 12.7. The first-order valence-electron chi connectivity index (χ1n) is 10.3. The van der Waals surface area contributed by atoms with Crippen LogP contribution in [-0.2, 0) is 5.92 Å². The average Bonchev–Trinajstić information content (AvgIpc) is 2.72. The summed E-state index contributed by atoms with van der Waals surface area (Å²) in [6.45, 7) is 3.76. The molecule has 0 fully saturated rings. The molecule has 0 aliphatic heterocycles. The molecule has 6 heteroatoms. The van der Waals surface area contributed by atoms with Crippen LogP contribution in [0.3, 0.4) is 0 Å². The second-order valence-electron chi connectivity index (χ2n) is 8.17. The fourth-order valence-corrected chi connectivity index (χ4v) is 3.26. The van der Waals surface area contributed by atoms with E-state index >= 15 is 0 Å². The quantitative estimate of drug-likeness (QED) is 0.494. The molecule has 0 aromatic heterocycles.